The highest BCUT2D eigenvalue weighted by molar-refractivity contribution is 6.18. The summed E-state index contributed by atoms with van der Waals surface area (Å²) < 4.78 is 5.23. The molecule has 1 N–H and O–H groups in total. The number of benzene rings is 1. The Labute approximate surface area is 129 Å². The second-order valence-corrected chi connectivity index (χ2v) is 5.20. The van der Waals surface area contributed by atoms with Crippen LogP contribution in [0.4, 0.5) is 5.69 Å². The predicted molar refractivity (Wildman–Crippen MR) is 81.7 cm³/mol. The van der Waals surface area contributed by atoms with Crippen molar-refractivity contribution >= 4 is 29.1 Å². The number of ether oxygens (including phenoxy) is 1. The molecule has 1 saturated heterocycles. The van der Waals surface area contributed by atoms with Gasteiger partial charge in [0.05, 0.1) is 13.2 Å². The van der Waals surface area contributed by atoms with Gasteiger partial charge in [0.25, 0.3) is 5.91 Å². The Bertz CT molecular complexity index is 484. The maximum absolute atomic E-state index is 12.2. The van der Waals surface area contributed by atoms with Crippen LogP contribution < -0.4 is 5.32 Å². The summed E-state index contributed by atoms with van der Waals surface area (Å²) in [5.74, 6) is 0.404. The number of halogens is 1. The van der Waals surface area contributed by atoms with Crippen molar-refractivity contribution in [3.63, 3.8) is 0 Å². The molecule has 21 heavy (non-hydrogen) atoms. The number of hydrogen-bond donors (Lipinski definition) is 1. The summed E-state index contributed by atoms with van der Waals surface area (Å²) in [6.07, 6.45) is 1.05. The molecule has 2 rings (SSSR count). The summed E-state index contributed by atoms with van der Waals surface area (Å²) in [5.41, 5.74) is 1.31. The van der Waals surface area contributed by atoms with Crippen molar-refractivity contribution in [2.75, 3.05) is 37.5 Å². The third kappa shape index (κ3) is 4.72. The van der Waals surface area contributed by atoms with E-state index >= 15 is 0 Å². The number of amides is 2. The minimum atomic E-state index is -0.0668. The van der Waals surface area contributed by atoms with Gasteiger partial charge in [-0.2, -0.15) is 0 Å². The molecule has 1 aliphatic heterocycles. The smallest absolute Gasteiger partial charge is 0.254 e. The number of rotatable bonds is 5. The van der Waals surface area contributed by atoms with E-state index in [9.17, 15) is 9.59 Å². The molecule has 1 heterocycles. The average Bonchev–Trinajstić information content (AvgIpc) is 2.54. The van der Waals surface area contributed by atoms with Crippen LogP contribution >= 0.6 is 11.6 Å². The predicted octanol–water partition coefficient (Wildman–Crippen LogP) is 2.12. The lowest BCUT2D eigenvalue weighted by Gasteiger charge is -2.26. The first kappa shape index (κ1) is 15.8. The molecule has 114 valence electrons. The maximum atomic E-state index is 12.2. The van der Waals surface area contributed by atoms with Crippen molar-refractivity contribution in [3.05, 3.63) is 29.8 Å². The zero-order valence-corrected chi connectivity index (χ0v) is 12.6. The van der Waals surface area contributed by atoms with E-state index in [0.29, 0.717) is 56.3 Å². The van der Waals surface area contributed by atoms with Crippen LogP contribution in [0.5, 0.6) is 0 Å². The van der Waals surface area contributed by atoms with Crippen molar-refractivity contribution in [1.29, 1.82) is 0 Å². The molecule has 2 amide bonds. The lowest BCUT2D eigenvalue weighted by atomic mass is 10.1. The van der Waals surface area contributed by atoms with Gasteiger partial charge in [-0.05, 0) is 30.7 Å². The zero-order valence-electron chi connectivity index (χ0n) is 11.8. The molecule has 1 aliphatic rings. The van der Waals surface area contributed by atoms with Gasteiger partial charge in [0.15, 0.2) is 0 Å². The van der Waals surface area contributed by atoms with Crippen LogP contribution in [-0.2, 0) is 9.53 Å². The number of alkyl halides is 1. The molecule has 0 bridgehead atoms. The first-order chi connectivity index (χ1) is 10.2. The fourth-order valence-corrected chi connectivity index (χ4v) is 2.23. The van der Waals surface area contributed by atoms with E-state index in [-0.39, 0.29) is 11.8 Å². The van der Waals surface area contributed by atoms with Gasteiger partial charge in [0.1, 0.15) is 0 Å². The number of morpholine rings is 1. The minimum Gasteiger partial charge on any atom is -0.378 e. The Morgan fingerprint density at radius 2 is 1.86 bits per heavy atom. The normalized spacial score (nSPS) is 14.8. The monoisotopic (exact) mass is 310 g/mol. The largest absolute Gasteiger partial charge is 0.378 e. The standard InChI is InChI=1S/C15H19ClN2O3/c16-7-1-2-14(19)17-13-5-3-12(4-6-13)15(20)18-8-10-21-11-9-18/h3-6H,1-2,7-11H2,(H,17,19). The van der Waals surface area contributed by atoms with Crippen molar-refractivity contribution in [2.45, 2.75) is 12.8 Å². The van der Waals surface area contributed by atoms with Gasteiger partial charge < -0.3 is 15.0 Å². The molecule has 0 saturated carbocycles. The molecular weight excluding hydrogens is 292 g/mol. The van der Waals surface area contributed by atoms with Crippen molar-refractivity contribution < 1.29 is 14.3 Å². The van der Waals surface area contributed by atoms with E-state index in [0.717, 1.165) is 0 Å². The molecule has 6 heteroatoms. The summed E-state index contributed by atoms with van der Waals surface area (Å²) in [5, 5.41) is 2.78. The van der Waals surface area contributed by atoms with E-state index in [1.807, 2.05) is 0 Å². The maximum Gasteiger partial charge on any atom is 0.254 e. The number of nitrogens with one attached hydrogen (secondary N) is 1. The van der Waals surface area contributed by atoms with Gasteiger partial charge in [0.2, 0.25) is 5.91 Å². The Morgan fingerprint density at radius 1 is 1.19 bits per heavy atom. The Kier molecular flexibility index (Phi) is 6.02. The molecule has 1 fully saturated rings. The topological polar surface area (TPSA) is 58.6 Å². The Morgan fingerprint density at radius 3 is 2.48 bits per heavy atom. The third-order valence-electron chi connectivity index (χ3n) is 3.25. The van der Waals surface area contributed by atoms with Crippen molar-refractivity contribution in [3.8, 4) is 0 Å². The highest BCUT2D eigenvalue weighted by Crippen LogP contribution is 2.13. The molecular formula is C15H19ClN2O3. The first-order valence-corrected chi connectivity index (χ1v) is 7.57. The molecule has 1 aromatic rings. The molecule has 0 aliphatic carbocycles. The molecule has 0 spiro atoms. The lowest BCUT2D eigenvalue weighted by molar-refractivity contribution is -0.116. The van der Waals surface area contributed by atoms with Gasteiger partial charge in [-0.1, -0.05) is 0 Å². The van der Waals surface area contributed by atoms with Crippen LogP contribution in [0.15, 0.2) is 24.3 Å². The fourth-order valence-electron chi connectivity index (χ4n) is 2.10. The molecule has 0 atom stereocenters. The van der Waals surface area contributed by atoms with Gasteiger partial charge in [-0.3, -0.25) is 9.59 Å². The van der Waals surface area contributed by atoms with Gasteiger partial charge in [0, 0.05) is 36.6 Å². The minimum absolute atomic E-state index is 0.00156. The summed E-state index contributed by atoms with van der Waals surface area (Å²) in [4.78, 5) is 25.6. The average molecular weight is 311 g/mol. The van der Waals surface area contributed by atoms with Crippen LogP contribution in [0.25, 0.3) is 0 Å². The van der Waals surface area contributed by atoms with E-state index in [1.54, 1.807) is 29.2 Å². The molecule has 0 radical (unpaired) electrons. The molecule has 0 unspecified atom stereocenters. The molecule has 0 aromatic heterocycles. The third-order valence-corrected chi connectivity index (χ3v) is 3.52. The van der Waals surface area contributed by atoms with Crippen LogP contribution in [-0.4, -0.2) is 48.9 Å². The Balaban J connectivity index is 1.91. The van der Waals surface area contributed by atoms with E-state index in [4.69, 9.17) is 16.3 Å². The summed E-state index contributed by atoms with van der Waals surface area (Å²) in [6, 6.07) is 6.95. The second kappa shape index (κ2) is 8.00. The van der Waals surface area contributed by atoms with Crippen LogP contribution in [0.3, 0.4) is 0 Å². The number of anilines is 1. The summed E-state index contributed by atoms with van der Waals surface area (Å²) >= 11 is 5.55. The van der Waals surface area contributed by atoms with Crippen molar-refractivity contribution in [1.82, 2.24) is 4.90 Å². The van der Waals surface area contributed by atoms with Crippen LogP contribution in [0, 0.1) is 0 Å². The summed E-state index contributed by atoms with van der Waals surface area (Å²) in [6.45, 7) is 2.41. The number of carbonyl (C=O) groups is 2. The number of carbonyl (C=O) groups excluding carboxylic acids is 2. The SMILES string of the molecule is O=C(CCCCl)Nc1ccc(C(=O)N2CCOCC2)cc1. The van der Waals surface area contributed by atoms with E-state index in [2.05, 4.69) is 5.32 Å². The highest BCUT2D eigenvalue weighted by atomic mass is 35.5. The second-order valence-electron chi connectivity index (χ2n) is 4.82. The van der Waals surface area contributed by atoms with Crippen molar-refractivity contribution in [2.24, 2.45) is 0 Å². The molecule has 1 aromatic carbocycles. The quantitative estimate of drug-likeness (QED) is 0.848. The first-order valence-electron chi connectivity index (χ1n) is 7.03. The number of hydrogen-bond acceptors (Lipinski definition) is 3. The Hall–Kier alpha value is -1.59. The van der Waals surface area contributed by atoms with Crippen LogP contribution in [0.1, 0.15) is 23.2 Å². The van der Waals surface area contributed by atoms with Gasteiger partial charge in [-0.25, -0.2) is 0 Å². The van der Waals surface area contributed by atoms with Crippen LogP contribution in [0.2, 0.25) is 0 Å². The highest BCUT2D eigenvalue weighted by Gasteiger charge is 2.18. The fraction of sp³-hybridized carbons (Fsp3) is 0.467. The number of nitrogens with zero attached hydrogens (tertiary/aromatic N) is 1. The summed E-state index contributed by atoms with van der Waals surface area (Å²) in [7, 11) is 0. The zero-order chi connectivity index (χ0) is 15.1. The van der Waals surface area contributed by atoms with E-state index in [1.165, 1.54) is 0 Å². The van der Waals surface area contributed by atoms with Gasteiger partial charge >= 0.3 is 0 Å². The lowest BCUT2D eigenvalue weighted by Crippen LogP contribution is -2.40. The van der Waals surface area contributed by atoms with Gasteiger partial charge in [-0.15, -0.1) is 11.6 Å². The van der Waals surface area contributed by atoms with E-state index < -0.39 is 0 Å². The molecule has 5 nitrogen and oxygen atoms in total.